The van der Waals surface area contributed by atoms with Crippen molar-refractivity contribution in [2.45, 2.75) is 20.0 Å². The molecule has 0 spiro atoms. The number of piperazine rings is 1. The molecule has 4 rings (SSSR count). The molecule has 1 saturated heterocycles. The van der Waals surface area contributed by atoms with Crippen molar-refractivity contribution in [3.63, 3.8) is 0 Å². The lowest BCUT2D eigenvalue weighted by molar-refractivity contribution is -0.111. The number of thiophene rings is 1. The van der Waals surface area contributed by atoms with E-state index in [4.69, 9.17) is 9.73 Å². The maximum atomic E-state index is 11.6. The Balaban J connectivity index is 1.39. The average Bonchev–Trinajstić information content (AvgIpc) is 3.33. The van der Waals surface area contributed by atoms with E-state index in [0.29, 0.717) is 11.4 Å². The number of carbonyl (C=O) groups excluding carboxylic acids is 1. The number of nitrogens with zero attached hydrogens (tertiary/aromatic N) is 3. The first-order valence-corrected chi connectivity index (χ1v) is 12.9. The zero-order valence-corrected chi connectivity index (χ0v) is 21.8. The standard InChI is InChI=1S/C28H33N5O2S/c1-5-27(34)31-23-7-6-8-25(19-23)35-20(2)28-26(13-18-36-28)30-21(3)29-22-9-11-24(12-10-22)33-16-14-32(4)15-17-33/h5-13,18-20H,1,14-17H2,2-4H3,(H,29,30)(H,31,34). The highest BCUT2D eigenvalue weighted by Gasteiger charge is 2.16. The molecule has 3 aromatic rings. The van der Waals surface area contributed by atoms with Gasteiger partial charge < -0.3 is 25.2 Å². The van der Waals surface area contributed by atoms with Gasteiger partial charge in [0.2, 0.25) is 5.91 Å². The fourth-order valence-corrected chi connectivity index (χ4v) is 4.86. The van der Waals surface area contributed by atoms with Crippen LogP contribution in [-0.2, 0) is 4.79 Å². The smallest absolute Gasteiger partial charge is 0.247 e. The van der Waals surface area contributed by atoms with Crippen LogP contribution < -0.4 is 20.3 Å². The summed E-state index contributed by atoms with van der Waals surface area (Å²) >= 11 is 1.61. The van der Waals surface area contributed by atoms with Crippen LogP contribution in [0.25, 0.3) is 0 Å². The van der Waals surface area contributed by atoms with Crippen LogP contribution in [0.3, 0.4) is 0 Å². The number of hydrogen-bond donors (Lipinski definition) is 2. The summed E-state index contributed by atoms with van der Waals surface area (Å²) in [6.45, 7) is 11.7. The number of anilines is 3. The second-order valence-corrected chi connectivity index (χ2v) is 9.76. The lowest BCUT2D eigenvalue weighted by Gasteiger charge is -2.34. The summed E-state index contributed by atoms with van der Waals surface area (Å²) in [5.74, 6) is 1.22. The van der Waals surface area contributed by atoms with Gasteiger partial charge in [-0.3, -0.25) is 4.79 Å². The van der Waals surface area contributed by atoms with E-state index in [-0.39, 0.29) is 12.0 Å². The second kappa shape index (κ2) is 11.9. The average molecular weight is 504 g/mol. The van der Waals surface area contributed by atoms with Crippen molar-refractivity contribution in [3.05, 3.63) is 77.5 Å². The Bertz CT molecular complexity index is 1210. The monoisotopic (exact) mass is 503 g/mol. The Hall–Kier alpha value is -3.62. The zero-order chi connectivity index (χ0) is 25.5. The van der Waals surface area contributed by atoms with Gasteiger partial charge in [-0.2, -0.15) is 0 Å². The van der Waals surface area contributed by atoms with Crippen LogP contribution in [0.1, 0.15) is 24.8 Å². The molecule has 8 heteroatoms. The number of amides is 1. The third-order valence-electron chi connectivity index (χ3n) is 5.99. The van der Waals surface area contributed by atoms with Crippen molar-refractivity contribution in [3.8, 4) is 5.75 Å². The van der Waals surface area contributed by atoms with Gasteiger partial charge in [0.1, 0.15) is 17.7 Å². The summed E-state index contributed by atoms with van der Waals surface area (Å²) in [5, 5.41) is 8.18. The number of aliphatic imine (C=N–C) groups is 1. The highest BCUT2D eigenvalue weighted by atomic mass is 32.1. The summed E-state index contributed by atoms with van der Waals surface area (Å²) in [5.41, 5.74) is 3.80. The van der Waals surface area contributed by atoms with Gasteiger partial charge in [0.15, 0.2) is 0 Å². The number of amidine groups is 1. The molecule has 0 aliphatic carbocycles. The van der Waals surface area contributed by atoms with Gasteiger partial charge >= 0.3 is 0 Å². The quantitative estimate of drug-likeness (QED) is 0.227. The van der Waals surface area contributed by atoms with Crippen LogP contribution in [-0.4, -0.2) is 49.9 Å². The predicted molar refractivity (Wildman–Crippen MR) is 151 cm³/mol. The largest absolute Gasteiger partial charge is 0.485 e. The van der Waals surface area contributed by atoms with E-state index in [1.54, 1.807) is 17.4 Å². The first-order chi connectivity index (χ1) is 17.4. The van der Waals surface area contributed by atoms with Crippen LogP contribution in [0.15, 0.2) is 77.6 Å². The molecule has 7 nitrogen and oxygen atoms in total. The number of hydrogen-bond acceptors (Lipinski definition) is 6. The summed E-state index contributed by atoms with van der Waals surface area (Å²) in [6, 6.07) is 17.9. The molecule has 1 unspecified atom stereocenters. The fraction of sp³-hybridized carbons (Fsp3) is 0.286. The van der Waals surface area contributed by atoms with Crippen LogP contribution in [0.5, 0.6) is 5.75 Å². The number of benzene rings is 2. The van der Waals surface area contributed by atoms with Gasteiger partial charge in [0.05, 0.1) is 10.6 Å². The molecule has 1 aliphatic rings. The molecule has 2 heterocycles. The van der Waals surface area contributed by atoms with Crippen LogP contribution in [0.2, 0.25) is 0 Å². The van der Waals surface area contributed by atoms with Crippen LogP contribution >= 0.6 is 11.3 Å². The van der Waals surface area contributed by atoms with Crippen LogP contribution in [0, 0.1) is 0 Å². The Morgan fingerprint density at radius 3 is 2.56 bits per heavy atom. The van der Waals surface area contributed by atoms with Gasteiger partial charge in [0.25, 0.3) is 0 Å². The molecule has 0 saturated carbocycles. The number of likely N-dealkylation sites (N-methyl/N-ethyl adjacent to an activating group) is 1. The van der Waals surface area contributed by atoms with E-state index >= 15 is 0 Å². The minimum Gasteiger partial charge on any atom is -0.485 e. The first kappa shape index (κ1) is 25.5. The molecular weight excluding hydrogens is 470 g/mol. The summed E-state index contributed by atoms with van der Waals surface area (Å²) < 4.78 is 6.17. The van der Waals surface area contributed by atoms with Crippen molar-refractivity contribution in [2.75, 3.05) is 48.8 Å². The van der Waals surface area contributed by atoms with Crippen LogP contribution in [0.4, 0.5) is 22.7 Å². The number of nitrogens with one attached hydrogen (secondary N) is 2. The third kappa shape index (κ3) is 6.74. The van der Waals surface area contributed by atoms with E-state index in [0.717, 1.165) is 48.3 Å². The van der Waals surface area contributed by atoms with Crippen molar-refractivity contribution >= 4 is 45.8 Å². The Kier molecular flexibility index (Phi) is 8.40. The summed E-state index contributed by atoms with van der Waals surface area (Å²) in [6.07, 6.45) is 1.04. The number of ether oxygens (including phenoxy) is 1. The molecule has 1 amide bonds. The Morgan fingerprint density at radius 2 is 1.83 bits per heavy atom. The third-order valence-corrected chi connectivity index (χ3v) is 7.06. The Morgan fingerprint density at radius 1 is 1.08 bits per heavy atom. The highest BCUT2D eigenvalue weighted by Crippen LogP contribution is 2.35. The van der Waals surface area contributed by atoms with Crippen molar-refractivity contribution < 1.29 is 9.53 Å². The highest BCUT2D eigenvalue weighted by molar-refractivity contribution is 7.10. The van der Waals surface area contributed by atoms with Crippen molar-refractivity contribution in [1.29, 1.82) is 0 Å². The molecule has 1 fully saturated rings. The molecule has 1 aromatic heterocycles. The first-order valence-electron chi connectivity index (χ1n) is 12.0. The fourth-order valence-electron chi connectivity index (χ4n) is 4.05. The molecule has 0 radical (unpaired) electrons. The maximum Gasteiger partial charge on any atom is 0.247 e. The molecule has 188 valence electrons. The normalized spacial score (nSPS) is 15.3. The lowest BCUT2D eigenvalue weighted by atomic mass is 10.2. The van der Waals surface area contributed by atoms with Crippen molar-refractivity contribution in [1.82, 2.24) is 4.90 Å². The Labute approximate surface area is 217 Å². The molecule has 1 aliphatic heterocycles. The van der Waals surface area contributed by atoms with Gasteiger partial charge in [-0.05, 0) is 74.8 Å². The summed E-state index contributed by atoms with van der Waals surface area (Å²) in [4.78, 5) is 22.2. The second-order valence-electron chi connectivity index (χ2n) is 8.81. The molecule has 2 aromatic carbocycles. The molecule has 2 N–H and O–H groups in total. The number of carbonyl (C=O) groups is 1. The van der Waals surface area contributed by atoms with Gasteiger partial charge in [-0.15, -0.1) is 11.3 Å². The topological polar surface area (TPSA) is 69.2 Å². The van der Waals surface area contributed by atoms with Gasteiger partial charge in [0, 0.05) is 49.3 Å². The van der Waals surface area contributed by atoms with E-state index < -0.39 is 0 Å². The minimum atomic E-state index is -0.257. The van der Waals surface area contributed by atoms with E-state index in [9.17, 15) is 4.79 Å². The van der Waals surface area contributed by atoms with Gasteiger partial charge in [-0.1, -0.05) is 12.6 Å². The van der Waals surface area contributed by atoms with E-state index in [1.807, 2.05) is 43.5 Å². The van der Waals surface area contributed by atoms with Gasteiger partial charge in [-0.25, -0.2) is 4.99 Å². The SMILES string of the molecule is C=CC(=O)Nc1cccc(OC(C)c2sccc2N=C(C)Nc2ccc(N3CCN(C)CC3)cc2)c1. The van der Waals surface area contributed by atoms with E-state index in [2.05, 4.69) is 58.3 Å². The molecular formula is C28H33N5O2S. The predicted octanol–water partition coefficient (Wildman–Crippen LogP) is 5.93. The lowest BCUT2D eigenvalue weighted by Crippen LogP contribution is -2.44. The zero-order valence-electron chi connectivity index (χ0n) is 21.0. The maximum absolute atomic E-state index is 11.6. The van der Waals surface area contributed by atoms with Crippen molar-refractivity contribution in [2.24, 2.45) is 4.99 Å². The molecule has 36 heavy (non-hydrogen) atoms. The minimum absolute atomic E-state index is 0.204. The van der Waals surface area contributed by atoms with E-state index in [1.165, 1.54) is 11.8 Å². The molecule has 0 bridgehead atoms. The molecule has 1 atom stereocenters. The number of rotatable bonds is 8. The summed E-state index contributed by atoms with van der Waals surface area (Å²) in [7, 11) is 2.17.